The van der Waals surface area contributed by atoms with Crippen molar-refractivity contribution in [2.45, 2.75) is 52.7 Å². The Balaban J connectivity index is 2.68. The molecule has 0 saturated carbocycles. The van der Waals surface area contributed by atoms with E-state index >= 15 is 0 Å². The molecule has 1 rings (SSSR count). The van der Waals surface area contributed by atoms with Gasteiger partial charge in [-0.25, -0.2) is 0 Å². The molecule has 102 valence electrons. The zero-order valence-electron chi connectivity index (χ0n) is 12.4. The first-order chi connectivity index (χ1) is 7.97. The number of piperazine rings is 1. The van der Waals surface area contributed by atoms with Gasteiger partial charge in [0.05, 0.1) is 6.61 Å². The van der Waals surface area contributed by atoms with E-state index in [1.807, 2.05) is 0 Å². The quantitative estimate of drug-likeness (QED) is 0.798. The Morgan fingerprint density at radius 1 is 1.18 bits per heavy atom. The molecule has 1 aliphatic rings. The molecule has 0 bridgehead atoms. The molecule has 0 spiro atoms. The summed E-state index contributed by atoms with van der Waals surface area (Å²) in [6.07, 6.45) is 0. The molecule has 0 amide bonds. The molecule has 1 heterocycles. The molecular formula is C14H30N2O. The maximum Gasteiger partial charge on any atom is 0.0615 e. The van der Waals surface area contributed by atoms with E-state index in [9.17, 15) is 0 Å². The highest BCUT2D eigenvalue weighted by Crippen LogP contribution is 2.20. The van der Waals surface area contributed by atoms with E-state index in [1.54, 1.807) is 7.11 Å². The first kappa shape index (κ1) is 14.9. The first-order valence-corrected chi connectivity index (χ1v) is 6.95. The van der Waals surface area contributed by atoms with Crippen LogP contribution in [-0.4, -0.2) is 49.8 Å². The van der Waals surface area contributed by atoms with Crippen LogP contribution in [-0.2, 0) is 4.74 Å². The summed E-state index contributed by atoms with van der Waals surface area (Å²) < 4.78 is 5.32. The zero-order chi connectivity index (χ0) is 13.0. The highest BCUT2D eigenvalue weighted by Gasteiger charge is 2.33. The second kappa shape index (κ2) is 6.72. The van der Waals surface area contributed by atoms with Crippen LogP contribution in [0.1, 0.15) is 34.6 Å². The molecule has 0 radical (unpaired) electrons. The van der Waals surface area contributed by atoms with Gasteiger partial charge in [-0.1, -0.05) is 27.7 Å². The third kappa shape index (κ3) is 3.94. The van der Waals surface area contributed by atoms with Gasteiger partial charge >= 0.3 is 0 Å². The molecule has 3 atom stereocenters. The zero-order valence-corrected chi connectivity index (χ0v) is 12.4. The number of hydrogen-bond acceptors (Lipinski definition) is 3. The number of ether oxygens (including phenoxy) is 1. The fraction of sp³-hybridized carbons (Fsp3) is 1.00. The van der Waals surface area contributed by atoms with Crippen molar-refractivity contribution < 1.29 is 4.74 Å². The molecule has 3 unspecified atom stereocenters. The van der Waals surface area contributed by atoms with Gasteiger partial charge in [0.15, 0.2) is 0 Å². The van der Waals surface area contributed by atoms with Crippen LogP contribution in [0.2, 0.25) is 0 Å². The predicted molar refractivity (Wildman–Crippen MR) is 73.3 cm³/mol. The Labute approximate surface area is 107 Å². The average molecular weight is 242 g/mol. The standard InChI is InChI=1S/C14H30N2O/c1-10(2)13-8-16(12(5)9-17-6)14(7-15-13)11(3)4/h10-15H,7-9H2,1-6H3. The Bertz CT molecular complexity index is 218. The fourth-order valence-corrected chi connectivity index (χ4v) is 2.73. The van der Waals surface area contributed by atoms with Crippen LogP contribution in [0.3, 0.4) is 0 Å². The van der Waals surface area contributed by atoms with Crippen LogP contribution in [0.5, 0.6) is 0 Å². The Morgan fingerprint density at radius 2 is 1.82 bits per heavy atom. The van der Waals surface area contributed by atoms with E-state index in [-0.39, 0.29) is 0 Å². The van der Waals surface area contributed by atoms with Crippen LogP contribution < -0.4 is 5.32 Å². The Morgan fingerprint density at radius 3 is 2.29 bits per heavy atom. The lowest BCUT2D eigenvalue weighted by Crippen LogP contribution is -2.62. The van der Waals surface area contributed by atoms with Crippen LogP contribution in [0.4, 0.5) is 0 Å². The van der Waals surface area contributed by atoms with E-state index in [0.717, 1.165) is 19.7 Å². The molecule has 1 fully saturated rings. The van der Waals surface area contributed by atoms with Crippen molar-refractivity contribution in [2.75, 3.05) is 26.8 Å². The van der Waals surface area contributed by atoms with Gasteiger partial charge in [-0.05, 0) is 18.8 Å². The van der Waals surface area contributed by atoms with Crippen molar-refractivity contribution in [2.24, 2.45) is 11.8 Å². The van der Waals surface area contributed by atoms with Crippen molar-refractivity contribution in [3.63, 3.8) is 0 Å². The summed E-state index contributed by atoms with van der Waals surface area (Å²) in [4.78, 5) is 2.63. The summed E-state index contributed by atoms with van der Waals surface area (Å²) in [5, 5.41) is 3.69. The maximum absolute atomic E-state index is 5.32. The average Bonchev–Trinajstić information content (AvgIpc) is 2.28. The minimum atomic E-state index is 0.510. The second-order valence-corrected chi connectivity index (χ2v) is 6.07. The third-order valence-electron chi connectivity index (χ3n) is 3.97. The summed E-state index contributed by atoms with van der Waals surface area (Å²) >= 11 is 0. The molecule has 0 aromatic carbocycles. The third-order valence-corrected chi connectivity index (χ3v) is 3.97. The molecule has 0 aromatic heterocycles. The Hall–Kier alpha value is -0.120. The number of hydrogen-bond donors (Lipinski definition) is 1. The largest absolute Gasteiger partial charge is 0.383 e. The van der Waals surface area contributed by atoms with Crippen molar-refractivity contribution in [3.8, 4) is 0 Å². The molecule has 0 aromatic rings. The summed E-state index contributed by atoms with van der Waals surface area (Å²) in [6, 6.07) is 1.76. The normalized spacial score (nSPS) is 28.9. The van der Waals surface area contributed by atoms with E-state index in [4.69, 9.17) is 4.74 Å². The molecular weight excluding hydrogens is 212 g/mol. The SMILES string of the molecule is COCC(C)N1CC(C(C)C)NCC1C(C)C. The van der Waals surface area contributed by atoms with Gasteiger partial charge in [0.25, 0.3) is 0 Å². The lowest BCUT2D eigenvalue weighted by atomic mass is 9.93. The van der Waals surface area contributed by atoms with Crippen molar-refractivity contribution in [3.05, 3.63) is 0 Å². The second-order valence-electron chi connectivity index (χ2n) is 6.07. The smallest absolute Gasteiger partial charge is 0.0615 e. The topological polar surface area (TPSA) is 24.5 Å². The van der Waals surface area contributed by atoms with Crippen LogP contribution in [0, 0.1) is 11.8 Å². The Kier molecular flexibility index (Phi) is 5.90. The van der Waals surface area contributed by atoms with Gasteiger partial charge < -0.3 is 10.1 Å². The molecule has 0 aliphatic carbocycles. The van der Waals surface area contributed by atoms with E-state index < -0.39 is 0 Å². The highest BCUT2D eigenvalue weighted by molar-refractivity contribution is 4.91. The van der Waals surface area contributed by atoms with Gasteiger partial charge in [0, 0.05) is 38.3 Å². The fourth-order valence-electron chi connectivity index (χ4n) is 2.73. The summed E-state index contributed by atoms with van der Waals surface area (Å²) in [6.45, 7) is 14.6. The van der Waals surface area contributed by atoms with Gasteiger partial charge in [-0.3, -0.25) is 4.90 Å². The molecule has 3 heteroatoms. The molecule has 1 saturated heterocycles. The lowest BCUT2D eigenvalue weighted by Gasteiger charge is -2.46. The number of nitrogens with zero attached hydrogens (tertiary/aromatic N) is 1. The van der Waals surface area contributed by atoms with Gasteiger partial charge in [0.2, 0.25) is 0 Å². The van der Waals surface area contributed by atoms with Gasteiger partial charge in [-0.15, -0.1) is 0 Å². The van der Waals surface area contributed by atoms with E-state index in [2.05, 4.69) is 44.8 Å². The first-order valence-electron chi connectivity index (χ1n) is 6.95. The van der Waals surface area contributed by atoms with Gasteiger partial charge in [0.1, 0.15) is 0 Å². The van der Waals surface area contributed by atoms with Crippen molar-refractivity contribution in [1.29, 1.82) is 0 Å². The molecule has 3 nitrogen and oxygen atoms in total. The number of methoxy groups -OCH3 is 1. The summed E-state index contributed by atoms with van der Waals surface area (Å²) in [7, 11) is 1.79. The van der Waals surface area contributed by atoms with E-state index in [0.29, 0.717) is 30.0 Å². The van der Waals surface area contributed by atoms with Crippen LogP contribution in [0.25, 0.3) is 0 Å². The lowest BCUT2D eigenvalue weighted by molar-refractivity contribution is 0.0176. The summed E-state index contributed by atoms with van der Waals surface area (Å²) in [5.41, 5.74) is 0. The minimum Gasteiger partial charge on any atom is -0.383 e. The molecule has 1 aliphatic heterocycles. The number of rotatable bonds is 5. The van der Waals surface area contributed by atoms with Gasteiger partial charge in [-0.2, -0.15) is 0 Å². The molecule has 17 heavy (non-hydrogen) atoms. The van der Waals surface area contributed by atoms with Crippen molar-refractivity contribution in [1.82, 2.24) is 10.2 Å². The highest BCUT2D eigenvalue weighted by atomic mass is 16.5. The summed E-state index contributed by atoms with van der Waals surface area (Å²) in [5.74, 6) is 1.38. The number of nitrogens with one attached hydrogen (secondary N) is 1. The van der Waals surface area contributed by atoms with Crippen LogP contribution >= 0.6 is 0 Å². The maximum atomic E-state index is 5.32. The van der Waals surface area contributed by atoms with E-state index in [1.165, 1.54) is 0 Å². The monoisotopic (exact) mass is 242 g/mol. The minimum absolute atomic E-state index is 0.510. The van der Waals surface area contributed by atoms with Crippen LogP contribution in [0.15, 0.2) is 0 Å². The van der Waals surface area contributed by atoms with Crippen molar-refractivity contribution >= 4 is 0 Å². The molecule has 1 N–H and O–H groups in total. The predicted octanol–water partition coefficient (Wildman–Crippen LogP) is 1.98.